The number of nitrogens with zero attached hydrogens (tertiary/aromatic N) is 1. The summed E-state index contributed by atoms with van der Waals surface area (Å²) in [5.41, 5.74) is 1.97. The van der Waals surface area contributed by atoms with Gasteiger partial charge in [-0.25, -0.2) is 8.42 Å². The van der Waals surface area contributed by atoms with E-state index in [4.69, 9.17) is 0 Å². The van der Waals surface area contributed by atoms with Gasteiger partial charge in [0.25, 0.3) is 0 Å². The van der Waals surface area contributed by atoms with Gasteiger partial charge in [0.15, 0.2) is 0 Å². The average Bonchev–Trinajstić information content (AvgIpc) is 2.73. The molecule has 30 heavy (non-hydrogen) atoms. The Bertz CT molecular complexity index is 953. The molecule has 1 N–H and O–H groups in total. The smallest absolute Gasteiger partial charge is 0.243 e. The fourth-order valence-corrected chi connectivity index (χ4v) is 5.79. The van der Waals surface area contributed by atoms with Crippen molar-refractivity contribution in [3.63, 3.8) is 0 Å². The summed E-state index contributed by atoms with van der Waals surface area (Å²) in [5, 5.41) is 2.96. The quantitative estimate of drug-likeness (QED) is 0.593. The summed E-state index contributed by atoms with van der Waals surface area (Å²) in [4.78, 5) is 13.1. The molecule has 0 aromatic heterocycles. The molecule has 0 spiro atoms. The van der Waals surface area contributed by atoms with Gasteiger partial charge in [0.2, 0.25) is 15.9 Å². The van der Waals surface area contributed by atoms with Crippen molar-refractivity contribution in [1.82, 2.24) is 9.62 Å². The molecule has 1 saturated carbocycles. The zero-order chi connectivity index (χ0) is 21.7. The lowest BCUT2D eigenvalue weighted by molar-refractivity contribution is -0.122. The van der Waals surface area contributed by atoms with Gasteiger partial charge in [0.05, 0.1) is 17.5 Å². The normalized spacial score (nSPS) is 16.4. The van der Waals surface area contributed by atoms with Crippen LogP contribution in [0.25, 0.3) is 0 Å². The molecule has 1 fully saturated rings. The van der Waals surface area contributed by atoms with Gasteiger partial charge in [-0.05, 0) is 56.5 Å². The Hall–Kier alpha value is -1.70. The standard InChI is InChI=1S/C23H29BrN2O3S/c1-17-8-14-22(15-9-17)30(28,29)26(21-6-4-3-5-7-21)16-23(27)25-18(2)19-10-12-20(24)13-11-19/h8-15,18,21H,3-7,16H2,1-2H3,(H,25,27)/t18-/m0/s1. The van der Waals surface area contributed by atoms with Crippen LogP contribution in [0.4, 0.5) is 0 Å². The van der Waals surface area contributed by atoms with Crippen LogP contribution in [-0.4, -0.2) is 31.2 Å². The zero-order valence-corrected chi connectivity index (χ0v) is 19.9. The highest BCUT2D eigenvalue weighted by molar-refractivity contribution is 9.10. The van der Waals surface area contributed by atoms with Crippen LogP contribution in [0.15, 0.2) is 57.9 Å². The van der Waals surface area contributed by atoms with Crippen LogP contribution in [0.3, 0.4) is 0 Å². The highest BCUT2D eigenvalue weighted by atomic mass is 79.9. The Morgan fingerprint density at radius 1 is 1.07 bits per heavy atom. The predicted octanol–water partition coefficient (Wildman–Crippen LogP) is 4.96. The fourth-order valence-electron chi connectivity index (χ4n) is 3.89. The molecule has 0 unspecified atom stereocenters. The van der Waals surface area contributed by atoms with Gasteiger partial charge in [0, 0.05) is 10.5 Å². The van der Waals surface area contributed by atoms with Crippen LogP contribution in [0.5, 0.6) is 0 Å². The Kier molecular flexibility index (Phi) is 7.71. The van der Waals surface area contributed by atoms with Gasteiger partial charge < -0.3 is 5.32 Å². The lowest BCUT2D eigenvalue weighted by Crippen LogP contribution is -2.47. The second-order valence-electron chi connectivity index (χ2n) is 8.00. The molecule has 1 aliphatic carbocycles. The zero-order valence-electron chi connectivity index (χ0n) is 17.5. The molecule has 0 bridgehead atoms. The van der Waals surface area contributed by atoms with Crippen LogP contribution >= 0.6 is 15.9 Å². The van der Waals surface area contributed by atoms with Crippen molar-refractivity contribution in [3.8, 4) is 0 Å². The third-order valence-electron chi connectivity index (χ3n) is 5.66. The third-order valence-corrected chi connectivity index (χ3v) is 8.10. The molecule has 1 atom stereocenters. The Balaban J connectivity index is 1.79. The van der Waals surface area contributed by atoms with Crippen LogP contribution < -0.4 is 5.32 Å². The van der Waals surface area contributed by atoms with E-state index >= 15 is 0 Å². The highest BCUT2D eigenvalue weighted by Crippen LogP contribution is 2.28. The van der Waals surface area contributed by atoms with Crippen LogP contribution in [0.1, 0.15) is 56.2 Å². The van der Waals surface area contributed by atoms with Crippen LogP contribution in [-0.2, 0) is 14.8 Å². The second-order valence-corrected chi connectivity index (χ2v) is 10.8. The number of hydrogen-bond donors (Lipinski definition) is 1. The summed E-state index contributed by atoms with van der Waals surface area (Å²) in [6.45, 7) is 3.66. The number of carbonyl (C=O) groups excluding carboxylic acids is 1. The SMILES string of the molecule is Cc1ccc(S(=O)(=O)N(CC(=O)N[C@@H](C)c2ccc(Br)cc2)C2CCCCC2)cc1. The third kappa shape index (κ3) is 5.71. The van der Waals surface area contributed by atoms with Gasteiger partial charge in [0.1, 0.15) is 0 Å². The van der Waals surface area contributed by atoms with E-state index in [1.165, 1.54) is 4.31 Å². The summed E-state index contributed by atoms with van der Waals surface area (Å²) in [6.07, 6.45) is 4.67. The second kappa shape index (κ2) is 10.1. The molecule has 1 aliphatic rings. The van der Waals surface area contributed by atoms with Crippen molar-refractivity contribution in [3.05, 3.63) is 64.1 Å². The van der Waals surface area contributed by atoms with E-state index in [0.29, 0.717) is 0 Å². The Morgan fingerprint density at radius 3 is 2.27 bits per heavy atom. The molecule has 7 heteroatoms. The fraction of sp³-hybridized carbons (Fsp3) is 0.435. The molecule has 0 heterocycles. The lowest BCUT2D eigenvalue weighted by Gasteiger charge is -2.33. The molecule has 2 aromatic rings. The van der Waals surface area contributed by atoms with Gasteiger partial charge in [-0.2, -0.15) is 4.31 Å². The van der Waals surface area contributed by atoms with E-state index in [1.807, 2.05) is 38.1 Å². The minimum Gasteiger partial charge on any atom is -0.348 e. The maximum Gasteiger partial charge on any atom is 0.243 e. The lowest BCUT2D eigenvalue weighted by atomic mass is 9.95. The maximum atomic E-state index is 13.4. The number of rotatable bonds is 7. The van der Waals surface area contributed by atoms with E-state index in [1.54, 1.807) is 24.3 Å². The molecule has 0 radical (unpaired) electrons. The van der Waals surface area contributed by atoms with Crippen LogP contribution in [0, 0.1) is 6.92 Å². The van der Waals surface area contributed by atoms with Crippen molar-refractivity contribution in [2.24, 2.45) is 0 Å². The van der Waals surface area contributed by atoms with Crippen molar-refractivity contribution in [1.29, 1.82) is 0 Å². The minimum atomic E-state index is -3.75. The predicted molar refractivity (Wildman–Crippen MR) is 123 cm³/mol. The van der Waals surface area contributed by atoms with E-state index < -0.39 is 10.0 Å². The van der Waals surface area contributed by atoms with Crippen molar-refractivity contribution < 1.29 is 13.2 Å². The van der Waals surface area contributed by atoms with E-state index in [0.717, 1.165) is 47.7 Å². The number of carbonyl (C=O) groups is 1. The summed E-state index contributed by atoms with van der Waals surface area (Å²) in [5.74, 6) is -0.285. The summed E-state index contributed by atoms with van der Waals surface area (Å²) in [7, 11) is -3.75. The van der Waals surface area contributed by atoms with Crippen molar-refractivity contribution >= 4 is 31.9 Å². The van der Waals surface area contributed by atoms with Gasteiger partial charge in [-0.15, -0.1) is 0 Å². The highest BCUT2D eigenvalue weighted by Gasteiger charge is 2.34. The molecule has 0 saturated heterocycles. The first-order chi connectivity index (χ1) is 14.3. The number of amides is 1. The first-order valence-corrected chi connectivity index (χ1v) is 12.6. The average molecular weight is 493 g/mol. The summed E-state index contributed by atoms with van der Waals surface area (Å²) >= 11 is 3.41. The van der Waals surface area contributed by atoms with Gasteiger partial charge in [-0.3, -0.25) is 4.79 Å². The van der Waals surface area contributed by atoms with E-state index in [2.05, 4.69) is 21.2 Å². The van der Waals surface area contributed by atoms with E-state index in [9.17, 15) is 13.2 Å². The summed E-state index contributed by atoms with van der Waals surface area (Å²) in [6, 6.07) is 14.2. The molecular weight excluding hydrogens is 464 g/mol. The first kappa shape index (κ1) is 23.0. The number of nitrogens with one attached hydrogen (secondary N) is 1. The number of aryl methyl sites for hydroxylation is 1. The van der Waals surface area contributed by atoms with Gasteiger partial charge >= 0.3 is 0 Å². The number of sulfonamides is 1. The molecule has 0 aliphatic heterocycles. The van der Waals surface area contributed by atoms with Crippen molar-refractivity contribution in [2.45, 2.75) is 62.9 Å². The monoisotopic (exact) mass is 492 g/mol. The van der Waals surface area contributed by atoms with Crippen molar-refractivity contribution in [2.75, 3.05) is 6.54 Å². The topological polar surface area (TPSA) is 66.5 Å². The molecule has 5 nitrogen and oxygen atoms in total. The number of halogens is 1. The molecular formula is C23H29BrN2O3S. The largest absolute Gasteiger partial charge is 0.348 e. The molecule has 2 aromatic carbocycles. The number of hydrogen-bond acceptors (Lipinski definition) is 3. The van der Waals surface area contributed by atoms with Gasteiger partial charge in [-0.1, -0.05) is 65.0 Å². The summed E-state index contributed by atoms with van der Waals surface area (Å²) < 4.78 is 29.2. The minimum absolute atomic E-state index is 0.140. The Morgan fingerprint density at radius 2 is 1.67 bits per heavy atom. The number of benzene rings is 2. The molecule has 162 valence electrons. The maximum absolute atomic E-state index is 13.4. The molecule has 3 rings (SSSR count). The van der Waals surface area contributed by atoms with E-state index in [-0.39, 0.29) is 29.4 Å². The molecule has 1 amide bonds. The Labute approximate surface area is 188 Å². The van der Waals surface area contributed by atoms with Crippen LogP contribution in [0.2, 0.25) is 0 Å². The first-order valence-electron chi connectivity index (χ1n) is 10.4.